The summed E-state index contributed by atoms with van der Waals surface area (Å²) in [5.41, 5.74) is 3.68. The second kappa shape index (κ2) is 12.0. The maximum absolute atomic E-state index is 14.7. The van der Waals surface area contributed by atoms with Gasteiger partial charge in [0.05, 0.1) is 12.1 Å². The third-order valence-corrected chi connectivity index (χ3v) is 9.50. The molecule has 41 heavy (non-hydrogen) atoms. The number of aryl methyl sites for hydroxylation is 1. The highest BCUT2D eigenvalue weighted by atomic mass is 35.5. The Morgan fingerprint density at radius 2 is 1.80 bits per heavy atom. The number of hydrogen-bond donors (Lipinski definition) is 1. The molecule has 2 amide bonds. The third-order valence-electron chi connectivity index (χ3n) is 7.87. The largest absolute Gasteiger partial charge is 0.496 e. The van der Waals surface area contributed by atoms with Crippen LogP contribution in [0.1, 0.15) is 46.6 Å². The van der Waals surface area contributed by atoms with Gasteiger partial charge in [0.1, 0.15) is 16.4 Å². The quantitative estimate of drug-likeness (QED) is 0.237. The zero-order valence-corrected chi connectivity index (χ0v) is 24.6. The van der Waals surface area contributed by atoms with Gasteiger partial charge in [-0.25, -0.2) is 9.18 Å². The molecule has 0 aliphatic heterocycles. The fourth-order valence-corrected chi connectivity index (χ4v) is 7.12. The number of carbonyl (C=O) groups excluding carboxylic acids is 1. The maximum Gasteiger partial charge on any atom is 0.407 e. The lowest BCUT2D eigenvalue weighted by Gasteiger charge is -2.39. The van der Waals surface area contributed by atoms with Crippen molar-refractivity contribution in [2.24, 2.45) is 0 Å². The van der Waals surface area contributed by atoms with Gasteiger partial charge in [0.25, 0.3) is 5.91 Å². The number of rotatable bonds is 7. The molecule has 1 saturated carbocycles. The number of amides is 2. The van der Waals surface area contributed by atoms with Crippen molar-refractivity contribution in [2.45, 2.75) is 51.2 Å². The normalized spacial score (nSPS) is 16.9. The predicted molar refractivity (Wildman–Crippen MR) is 159 cm³/mol. The maximum atomic E-state index is 14.7. The Bertz CT molecular complexity index is 1600. The van der Waals surface area contributed by atoms with E-state index in [4.69, 9.17) is 16.3 Å². The average Bonchev–Trinajstić information content (AvgIpc) is 3.32. The molecule has 1 aliphatic rings. The van der Waals surface area contributed by atoms with E-state index in [1.165, 1.54) is 22.3 Å². The lowest BCUT2D eigenvalue weighted by Crippen LogP contribution is -2.46. The van der Waals surface area contributed by atoms with E-state index in [0.717, 1.165) is 22.4 Å². The molecule has 0 spiro atoms. The van der Waals surface area contributed by atoms with E-state index in [-0.39, 0.29) is 39.8 Å². The van der Waals surface area contributed by atoms with Crippen molar-refractivity contribution in [3.8, 4) is 16.9 Å². The van der Waals surface area contributed by atoms with Crippen molar-refractivity contribution in [2.75, 3.05) is 14.2 Å². The van der Waals surface area contributed by atoms with Crippen molar-refractivity contribution in [3.63, 3.8) is 0 Å². The third kappa shape index (κ3) is 5.87. The van der Waals surface area contributed by atoms with Crippen LogP contribution < -0.4 is 4.74 Å². The number of carboxylic acid groups (broad SMARTS) is 1. The molecule has 4 aromatic rings. The first kappa shape index (κ1) is 28.8. The van der Waals surface area contributed by atoms with Crippen LogP contribution in [0.4, 0.5) is 9.18 Å². The molecule has 2 heterocycles. The summed E-state index contributed by atoms with van der Waals surface area (Å²) in [5, 5.41) is 9.83. The first-order valence-corrected chi connectivity index (χ1v) is 14.6. The highest BCUT2D eigenvalue weighted by molar-refractivity contribution is 7.21. The number of methoxy groups -OCH3 is 1. The molecule has 0 bridgehead atoms. The first-order valence-electron chi connectivity index (χ1n) is 13.4. The fourth-order valence-electron chi connectivity index (χ4n) is 5.61. The number of carbonyl (C=O) groups is 2. The van der Waals surface area contributed by atoms with Gasteiger partial charge in [-0.15, -0.1) is 11.3 Å². The summed E-state index contributed by atoms with van der Waals surface area (Å²) in [4.78, 5) is 33.5. The van der Waals surface area contributed by atoms with E-state index in [1.54, 1.807) is 37.4 Å². The zero-order valence-electron chi connectivity index (χ0n) is 23.1. The Balaban J connectivity index is 1.53. The molecule has 1 aliphatic carbocycles. The number of thiophene rings is 1. The minimum absolute atomic E-state index is 0.115. The van der Waals surface area contributed by atoms with Crippen molar-refractivity contribution >= 4 is 45.0 Å². The van der Waals surface area contributed by atoms with E-state index < -0.39 is 11.9 Å². The Morgan fingerprint density at radius 1 is 1.10 bits per heavy atom. The van der Waals surface area contributed by atoms with Crippen LogP contribution in [0.3, 0.4) is 0 Å². The van der Waals surface area contributed by atoms with Crippen LogP contribution in [-0.4, -0.2) is 58.1 Å². The Labute approximate surface area is 247 Å². The second-order valence-corrected chi connectivity index (χ2v) is 11.8. The predicted octanol–water partition coefficient (Wildman–Crippen LogP) is 7.64. The summed E-state index contributed by atoms with van der Waals surface area (Å²) in [5.74, 6) is -0.100. The smallest absolute Gasteiger partial charge is 0.407 e. The summed E-state index contributed by atoms with van der Waals surface area (Å²) in [6.07, 6.45) is 3.29. The van der Waals surface area contributed by atoms with Gasteiger partial charge in [-0.1, -0.05) is 23.7 Å². The molecular weight excluding hydrogens is 565 g/mol. The molecule has 214 valence electrons. The topological polar surface area (TPSA) is 83.0 Å². The summed E-state index contributed by atoms with van der Waals surface area (Å²) in [6, 6.07) is 14.2. The van der Waals surface area contributed by atoms with Crippen molar-refractivity contribution in [1.29, 1.82) is 0 Å². The van der Waals surface area contributed by atoms with E-state index in [0.29, 0.717) is 36.1 Å². The number of fused-ring (bicyclic) bond motifs is 1. The van der Waals surface area contributed by atoms with Crippen LogP contribution in [0, 0.1) is 12.7 Å². The number of nitrogens with zero attached hydrogens (tertiary/aromatic N) is 3. The number of pyridine rings is 1. The number of halogens is 2. The number of benzene rings is 2. The molecule has 5 rings (SSSR count). The Hall–Kier alpha value is -3.69. The molecular formula is C31H31ClFN3O4S. The summed E-state index contributed by atoms with van der Waals surface area (Å²) in [7, 11) is 3.18. The lowest BCUT2D eigenvalue weighted by molar-refractivity contribution is 0.0555. The van der Waals surface area contributed by atoms with Gasteiger partial charge in [0, 0.05) is 53.2 Å². The van der Waals surface area contributed by atoms with E-state index >= 15 is 0 Å². The molecule has 7 nitrogen and oxygen atoms in total. The standard InChI is InChI=1S/C31H31ClFN3O4S/c1-18-15-20(13-14-34-18)19-7-12-25(40-3)21(16-19)17-36(23-10-8-22(9-11-23)35(2)31(38)39)30(37)29-28(32)27-24(33)5-4-6-26(27)41-29/h4-7,12-16,22-23H,8-11,17H2,1-3H3,(H,38,39). The second-order valence-electron chi connectivity index (χ2n) is 10.4. The molecule has 0 radical (unpaired) electrons. The van der Waals surface area contributed by atoms with Crippen LogP contribution >= 0.6 is 22.9 Å². The molecule has 10 heteroatoms. The zero-order chi connectivity index (χ0) is 29.3. The monoisotopic (exact) mass is 595 g/mol. The van der Waals surface area contributed by atoms with E-state index in [2.05, 4.69) is 4.98 Å². The summed E-state index contributed by atoms with van der Waals surface area (Å²) in [6.45, 7) is 2.18. The molecule has 2 aromatic carbocycles. The summed E-state index contributed by atoms with van der Waals surface area (Å²) >= 11 is 7.82. The highest BCUT2D eigenvalue weighted by Crippen LogP contribution is 2.39. The molecule has 0 atom stereocenters. The molecule has 1 fully saturated rings. The number of hydrogen-bond acceptors (Lipinski definition) is 5. The number of aromatic nitrogens is 1. The van der Waals surface area contributed by atoms with Crippen molar-refractivity contribution < 1.29 is 23.8 Å². The van der Waals surface area contributed by atoms with Crippen LogP contribution in [0.15, 0.2) is 54.7 Å². The van der Waals surface area contributed by atoms with Gasteiger partial charge in [-0.2, -0.15) is 0 Å². The van der Waals surface area contributed by atoms with Gasteiger partial charge in [0.15, 0.2) is 0 Å². The summed E-state index contributed by atoms with van der Waals surface area (Å²) < 4.78 is 21.0. The highest BCUT2D eigenvalue weighted by Gasteiger charge is 2.34. The first-order chi connectivity index (χ1) is 19.7. The molecule has 1 N–H and O–H groups in total. The molecule has 0 unspecified atom stereocenters. The van der Waals surface area contributed by atoms with Gasteiger partial charge in [-0.05, 0) is 80.1 Å². The lowest BCUT2D eigenvalue weighted by atomic mass is 9.89. The molecule has 2 aromatic heterocycles. The van der Waals surface area contributed by atoms with Gasteiger partial charge in [0.2, 0.25) is 0 Å². The number of ether oxygens (including phenoxy) is 1. The minimum atomic E-state index is -0.964. The molecule has 0 saturated heterocycles. The van der Waals surface area contributed by atoms with E-state index in [1.807, 2.05) is 37.3 Å². The van der Waals surface area contributed by atoms with Gasteiger partial charge in [-0.3, -0.25) is 9.78 Å². The minimum Gasteiger partial charge on any atom is -0.496 e. The van der Waals surface area contributed by atoms with Gasteiger partial charge >= 0.3 is 6.09 Å². The van der Waals surface area contributed by atoms with Crippen molar-refractivity contribution in [3.05, 3.63) is 81.7 Å². The Morgan fingerprint density at radius 3 is 2.46 bits per heavy atom. The SMILES string of the molecule is COc1ccc(-c2ccnc(C)c2)cc1CN(C(=O)c1sc2cccc(F)c2c1Cl)C1CCC(N(C)C(=O)O)CC1. The van der Waals surface area contributed by atoms with Crippen LogP contribution in [0.2, 0.25) is 5.02 Å². The van der Waals surface area contributed by atoms with Crippen LogP contribution in [0.5, 0.6) is 5.75 Å². The fraction of sp³-hybridized carbons (Fsp3) is 0.323. The van der Waals surface area contributed by atoms with Crippen molar-refractivity contribution in [1.82, 2.24) is 14.8 Å². The average molecular weight is 596 g/mol. The Kier molecular flexibility index (Phi) is 8.47. The van der Waals surface area contributed by atoms with Crippen LogP contribution in [0.25, 0.3) is 21.2 Å². The van der Waals surface area contributed by atoms with E-state index in [9.17, 15) is 19.1 Å². The van der Waals surface area contributed by atoms with Gasteiger partial charge < -0.3 is 19.6 Å². The van der Waals surface area contributed by atoms with Crippen LogP contribution in [-0.2, 0) is 6.54 Å².